The van der Waals surface area contributed by atoms with Gasteiger partial charge in [0.1, 0.15) is 0 Å². The van der Waals surface area contributed by atoms with E-state index in [0.717, 1.165) is 56.1 Å². The summed E-state index contributed by atoms with van der Waals surface area (Å²) in [5.74, 6) is 0.951. The van der Waals surface area contributed by atoms with E-state index in [9.17, 15) is 0 Å². The zero-order valence-corrected chi connectivity index (χ0v) is 20.5. The molecule has 26 heavy (non-hydrogen) atoms. The minimum Gasteiger partial charge on any atom is -0.381 e. The fraction of sp³-hybridized carbons (Fsp3) is 0.722. The SMILES string of the molecule is CCNC(=NCC1(N(C)C)CCOCC1)N(C)Cc1cc(Br)cn1C.I. The van der Waals surface area contributed by atoms with Gasteiger partial charge in [0, 0.05) is 55.8 Å². The van der Waals surface area contributed by atoms with Crippen molar-refractivity contribution in [1.82, 2.24) is 19.7 Å². The van der Waals surface area contributed by atoms with E-state index < -0.39 is 0 Å². The highest BCUT2D eigenvalue weighted by atomic mass is 127. The molecule has 1 aromatic heterocycles. The molecule has 150 valence electrons. The molecule has 0 aliphatic carbocycles. The lowest BCUT2D eigenvalue weighted by molar-refractivity contribution is -0.00263. The van der Waals surface area contributed by atoms with Crippen LogP contribution in [0.1, 0.15) is 25.5 Å². The molecule has 0 aromatic carbocycles. The first-order valence-corrected chi connectivity index (χ1v) is 9.72. The van der Waals surface area contributed by atoms with Crippen LogP contribution >= 0.6 is 39.9 Å². The molecule has 6 nitrogen and oxygen atoms in total. The van der Waals surface area contributed by atoms with E-state index in [1.165, 1.54) is 5.69 Å². The number of nitrogens with one attached hydrogen (secondary N) is 1. The summed E-state index contributed by atoms with van der Waals surface area (Å²) in [6.45, 7) is 6.20. The largest absolute Gasteiger partial charge is 0.381 e. The van der Waals surface area contributed by atoms with Gasteiger partial charge in [-0.05, 0) is 55.9 Å². The van der Waals surface area contributed by atoms with Gasteiger partial charge in [-0.25, -0.2) is 0 Å². The van der Waals surface area contributed by atoms with Crippen LogP contribution in [0.25, 0.3) is 0 Å². The summed E-state index contributed by atoms with van der Waals surface area (Å²) in [5, 5.41) is 3.43. The van der Waals surface area contributed by atoms with Gasteiger partial charge in [-0.1, -0.05) is 0 Å². The molecule has 2 heterocycles. The van der Waals surface area contributed by atoms with Gasteiger partial charge < -0.3 is 24.4 Å². The van der Waals surface area contributed by atoms with Gasteiger partial charge in [0.2, 0.25) is 0 Å². The highest BCUT2D eigenvalue weighted by Gasteiger charge is 2.34. The third kappa shape index (κ3) is 6.10. The molecule has 2 rings (SSSR count). The number of rotatable bonds is 6. The third-order valence-corrected chi connectivity index (χ3v) is 5.50. The second kappa shape index (κ2) is 10.9. The van der Waals surface area contributed by atoms with Crippen LogP contribution in [0.15, 0.2) is 21.7 Å². The first kappa shape index (κ1) is 23.7. The van der Waals surface area contributed by atoms with E-state index in [0.29, 0.717) is 0 Å². The number of hydrogen-bond donors (Lipinski definition) is 1. The number of aryl methyl sites for hydroxylation is 1. The Balaban J connectivity index is 0.00000338. The van der Waals surface area contributed by atoms with Crippen molar-refractivity contribution in [3.8, 4) is 0 Å². The smallest absolute Gasteiger partial charge is 0.194 e. The van der Waals surface area contributed by atoms with Gasteiger partial charge in [0.15, 0.2) is 5.96 Å². The molecule has 0 spiro atoms. The minimum absolute atomic E-state index is 0. The summed E-state index contributed by atoms with van der Waals surface area (Å²) < 4.78 is 8.81. The summed E-state index contributed by atoms with van der Waals surface area (Å²) in [4.78, 5) is 9.48. The lowest BCUT2D eigenvalue weighted by atomic mass is 9.89. The van der Waals surface area contributed by atoms with Crippen molar-refractivity contribution < 1.29 is 4.74 Å². The number of aliphatic imine (C=N–C) groups is 1. The number of aromatic nitrogens is 1. The van der Waals surface area contributed by atoms with Crippen LogP contribution in [-0.4, -0.2) is 73.3 Å². The molecule has 1 aliphatic rings. The van der Waals surface area contributed by atoms with Crippen molar-refractivity contribution in [2.75, 3.05) is 47.4 Å². The van der Waals surface area contributed by atoms with Crippen LogP contribution in [0.3, 0.4) is 0 Å². The highest BCUT2D eigenvalue weighted by Crippen LogP contribution is 2.26. The predicted octanol–water partition coefficient (Wildman–Crippen LogP) is 2.91. The van der Waals surface area contributed by atoms with Crippen LogP contribution in [0.2, 0.25) is 0 Å². The summed E-state index contributed by atoms with van der Waals surface area (Å²) in [6.07, 6.45) is 4.13. The molecule has 1 N–H and O–H groups in total. The average Bonchev–Trinajstić information content (AvgIpc) is 2.89. The molecule has 0 saturated carbocycles. The molecule has 0 unspecified atom stereocenters. The molecule has 1 saturated heterocycles. The Morgan fingerprint density at radius 3 is 2.50 bits per heavy atom. The van der Waals surface area contributed by atoms with Crippen LogP contribution in [0.4, 0.5) is 0 Å². The Labute approximate surface area is 183 Å². The lowest BCUT2D eigenvalue weighted by Gasteiger charge is -2.42. The fourth-order valence-corrected chi connectivity index (χ4v) is 3.80. The number of guanidine groups is 1. The second-order valence-corrected chi connectivity index (χ2v) is 7.93. The van der Waals surface area contributed by atoms with E-state index in [1.54, 1.807) is 0 Å². The van der Waals surface area contributed by atoms with Crippen LogP contribution < -0.4 is 5.32 Å². The summed E-state index contributed by atoms with van der Waals surface area (Å²) in [7, 11) is 8.47. The predicted molar refractivity (Wildman–Crippen MR) is 122 cm³/mol. The number of ether oxygens (including phenoxy) is 1. The van der Waals surface area contributed by atoms with Crippen molar-refractivity contribution in [1.29, 1.82) is 0 Å². The Kier molecular flexibility index (Phi) is 9.92. The summed E-state index contributed by atoms with van der Waals surface area (Å²) in [5.41, 5.74) is 1.33. The number of likely N-dealkylation sites (N-methyl/N-ethyl adjacent to an activating group) is 1. The zero-order chi connectivity index (χ0) is 18.4. The molecule has 1 aromatic rings. The van der Waals surface area contributed by atoms with Gasteiger partial charge >= 0.3 is 0 Å². The molecule has 0 atom stereocenters. The molecule has 1 aliphatic heterocycles. The maximum atomic E-state index is 5.56. The van der Waals surface area contributed by atoms with E-state index in [4.69, 9.17) is 9.73 Å². The van der Waals surface area contributed by atoms with E-state index in [-0.39, 0.29) is 29.5 Å². The summed E-state index contributed by atoms with van der Waals surface area (Å²) >= 11 is 3.54. The molecule has 0 radical (unpaired) electrons. The minimum atomic E-state index is 0. The summed E-state index contributed by atoms with van der Waals surface area (Å²) in [6, 6.07) is 2.15. The van der Waals surface area contributed by atoms with Crippen molar-refractivity contribution in [3.05, 3.63) is 22.4 Å². The normalized spacial score (nSPS) is 17.1. The first-order chi connectivity index (χ1) is 11.9. The highest BCUT2D eigenvalue weighted by molar-refractivity contribution is 14.0. The van der Waals surface area contributed by atoms with E-state index in [2.05, 4.69) is 83.0 Å². The Hall–Kier alpha value is -0.320. The average molecular weight is 542 g/mol. The second-order valence-electron chi connectivity index (χ2n) is 7.02. The Bertz CT molecular complexity index is 584. The molecular formula is C18H33BrIN5O. The van der Waals surface area contributed by atoms with Gasteiger partial charge in [0.25, 0.3) is 0 Å². The van der Waals surface area contributed by atoms with Gasteiger partial charge in [-0.3, -0.25) is 4.99 Å². The van der Waals surface area contributed by atoms with E-state index in [1.807, 2.05) is 0 Å². The molecule has 0 amide bonds. The van der Waals surface area contributed by atoms with Crippen LogP contribution in [0, 0.1) is 0 Å². The Morgan fingerprint density at radius 2 is 2.00 bits per heavy atom. The van der Waals surface area contributed by atoms with Gasteiger partial charge in [-0.2, -0.15) is 0 Å². The molecule has 8 heteroatoms. The zero-order valence-electron chi connectivity index (χ0n) is 16.6. The first-order valence-electron chi connectivity index (χ1n) is 8.93. The quantitative estimate of drug-likeness (QED) is 0.342. The van der Waals surface area contributed by atoms with Crippen molar-refractivity contribution in [2.45, 2.75) is 31.8 Å². The van der Waals surface area contributed by atoms with Crippen LogP contribution in [-0.2, 0) is 18.3 Å². The number of hydrogen-bond acceptors (Lipinski definition) is 3. The van der Waals surface area contributed by atoms with Gasteiger partial charge in [0.05, 0.1) is 13.1 Å². The van der Waals surface area contributed by atoms with Crippen molar-refractivity contribution in [2.24, 2.45) is 12.0 Å². The van der Waals surface area contributed by atoms with Gasteiger partial charge in [-0.15, -0.1) is 24.0 Å². The van der Waals surface area contributed by atoms with Crippen molar-refractivity contribution >= 4 is 45.9 Å². The van der Waals surface area contributed by atoms with Crippen molar-refractivity contribution in [3.63, 3.8) is 0 Å². The van der Waals surface area contributed by atoms with E-state index >= 15 is 0 Å². The third-order valence-electron chi connectivity index (χ3n) is 5.07. The fourth-order valence-electron chi connectivity index (χ4n) is 3.23. The number of halogens is 2. The Morgan fingerprint density at radius 1 is 1.35 bits per heavy atom. The molecule has 0 bridgehead atoms. The molecule has 1 fully saturated rings. The number of nitrogens with zero attached hydrogens (tertiary/aromatic N) is 4. The maximum Gasteiger partial charge on any atom is 0.194 e. The molecular weight excluding hydrogens is 509 g/mol. The lowest BCUT2D eigenvalue weighted by Crippen LogP contribution is -2.51. The topological polar surface area (TPSA) is 45.0 Å². The van der Waals surface area contributed by atoms with Crippen LogP contribution in [0.5, 0.6) is 0 Å². The monoisotopic (exact) mass is 541 g/mol. The maximum absolute atomic E-state index is 5.56. The standard InChI is InChI=1S/C18H32BrN5O.HI/c1-6-20-17(24(5)13-16-11-15(19)12-23(16)4)21-14-18(22(2)3)7-9-25-10-8-18;/h11-12H,6-10,13-14H2,1-5H3,(H,20,21);1H.